The molecular weight excluding hydrogens is 386 g/mol. The first-order chi connectivity index (χ1) is 13.0. The minimum absolute atomic E-state index is 0.0535. The standard InChI is InChI=1S/C17H15N5O3S2/c1-12-19-16(11-25-12)13-4-6-15(7-5-13)27(23,24)18-9-14-10-22(21-20-14)17-3-2-8-26-17/h2-8,10-11,18H,9H2,1H3. The lowest BCUT2D eigenvalue weighted by molar-refractivity contribution is 0.521. The highest BCUT2D eigenvalue weighted by Crippen LogP contribution is 2.21. The molecule has 0 aliphatic carbocycles. The predicted molar refractivity (Wildman–Crippen MR) is 99.9 cm³/mol. The van der Waals surface area contributed by atoms with Crippen molar-refractivity contribution in [1.29, 1.82) is 0 Å². The van der Waals surface area contributed by atoms with Crippen molar-refractivity contribution in [3.63, 3.8) is 0 Å². The van der Waals surface area contributed by atoms with Crippen LogP contribution in [-0.2, 0) is 16.6 Å². The fraction of sp³-hybridized carbons (Fsp3) is 0.118. The molecule has 0 saturated heterocycles. The van der Waals surface area contributed by atoms with Gasteiger partial charge in [-0.1, -0.05) is 17.3 Å². The molecule has 0 aliphatic heterocycles. The van der Waals surface area contributed by atoms with Crippen LogP contribution in [0, 0.1) is 6.92 Å². The van der Waals surface area contributed by atoms with E-state index in [1.165, 1.54) is 29.7 Å². The summed E-state index contributed by atoms with van der Waals surface area (Å²) in [5.74, 6) is 0.555. The molecule has 0 aliphatic rings. The molecule has 8 nitrogen and oxygen atoms in total. The highest BCUT2D eigenvalue weighted by molar-refractivity contribution is 7.89. The Morgan fingerprint density at radius 3 is 2.70 bits per heavy atom. The fourth-order valence-electron chi connectivity index (χ4n) is 2.44. The van der Waals surface area contributed by atoms with Crippen LogP contribution in [0.3, 0.4) is 0 Å². The summed E-state index contributed by atoms with van der Waals surface area (Å²) in [5.41, 5.74) is 1.97. The Morgan fingerprint density at radius 1 is 1.22 bits per heavy atom. The molecule has 0 atom stereocenters. The third-order valence-electron chi connectivity index (χ3n) is 3.80. The number of sulfonamides is 1. The van der Waals surface area contributed by atoms with Crippen LogP contribution in [0.5, 0.6) is 0 Å². The largest absolute Gasteiger partial charge is 0.449 e. The summed E-state index contributed by atoms with van der Waals surface area (Å²) in [6, 6.07) is 10.3. The molecule has 3 aromatic heterocycles. The zero-order chi connectivity index (χ0) is 18.9. The van der Waals surface area contributed by atoms with Crippen LogP contribution in [0.1, 0.15) is 11.6 Å². The second-order valence-corrected chi connectivity index (χ2v) is 8.40. The second-order valence-electron chi connectivity index (χ2n) is 5.71. The molecular formula is C17H15N5O3S2. The molecule has 0 bridgehead atoms. The zero-order valence-electron chi connectivity index (χ0n) is 14.2. The lowest BCUT2D eigenvalue weighted by Crippen LogP contribution is -2.23. The van der Waals surface area contributed by atoms with Crippen molar-refractivity contribution in [3.8, 4) is 16.3 Å². The predicted octanol–water partition coefficient (Wildman–Crippen LogP) is 2.77. The Hall–Kier alpha value is -2.82. The van der Waals surface area contributed by atoms with E-state index in [-0.39, 0.29) is 11.4 Å². The molecule has 0 unspecified atom stereocenters. The van der Waals surface area contributed by atoms with Gasteiger partial charge in [-0.15, -0.1) is 16.4 Å². The topological polar surface area (TPSA) is 103 Å². The first-order valence-corrected chi connectivity index (χ1v) is 10.3. The van der Waals surface area contributed by atoms with Gasteiger partial charge in [0, 0.05) is 12.5 Å². The molecule has 0 fully saturated rings. The van der Waals surface area contributed by atoms with Gasteiger partial charge >= 0.3 is 0 Å². The molecule has 0 amide bonds. The number of nitrogens with zero attached hydrogens (tertiary/aromatic N) is 4. The third kappa shape index (κ3) is 3.82. The maximum absolute atomic E-state index is 12.5. The van der Waals surface area contributed by atoms with Crippen LogP contribution in [0.4, 0.5) is 0 Å². The van der Waals surface area contributed by atoms with E-state index >= 15 is 0 Å². The maximum atomic E-state index is 12.5. The van der Waals surface area contributed by atoms with Gasteiger partial charge in [-0.3, -0.25) is 0 Å². The molecule has 0 saturated carbocycles. The SMILES string of the molecule is Cc1nc(-c2ccc(S(=O)(=O)NCc3cn(-c4cccs4)nn3)cc2)co1. The van der Waals surface area contributed by atoms with Gasteiger partial charge in [0.15, 0.2) is 5.89 Å². The summed E-state index contributed by atoms with van der Waals surface area (Å²) in [5, 5.41) is 10.9. The van der Waals surface area contributed by atoms with E-state index < -0.39 is 10.0 Å². The molecule has 138 valence electrons. The second kappa shape index (κ2) is 7.06. The number of oxazole rings is 1. The summed E-state index contributed by atoms with van der Waals surface area (Å²) < 4.78 is 34.3. The molecule has 3 heterocycles. The fourth-order valence-corrected chi connectivity index (χ4v) is 4.09. The van der Waals surface area contributed by atoms with Crippen LogP contribution in [0.25, 0.3) is 16.3 Å². The number of nitrogens with one attached hydrogen (secondary N) is 1. The van der Waals surface area contributed by atoms with E-state index in [1.54, 1.807) is 29.9 Å². The number of hydrogen-bond donors (Lipinski definition) is 1. The van der Waals surface area contributed by atoms with Crippen LogP contribution >= 0.6 is 11.3 Å². The van der Waals surface area contributed by atoms with E-state index in [4.69, 9.17) is 4.42 Å². The minimum Gasteiger partial charge on any atom is -0.449 e. The summed E-state index contributed by atoms with van der Waals surface area (Å²) in [6.07, 6.45) is 3.23. The summed E-state index contributed by atoms with van der Waals surface area (Å²) >= 11 is 1.52. The number of aromatic nitrogens is 4. The first-order valence-electron chi connectivity index (χ1n) is 7.99. The lowest BCUT2D eigenvalue weighted by atomic mass is 10.2. The normalized spacial score (nSPS) is 11.7. The molecule has 0 radical (unpaired) electrons. The number of rotatable bonds is 6. The van der Waals surface area contributed by atoms with Crippen molar-refractivity contribution < 1.29 is 12.8 Å². The molecule has 4 rings (SSSR count). The summed E-state index contributed by atoms with van der Waals surface area (Å²) in [7, 11) is -3.67. The summed E-state index contributed by atoms with van der Waals surface area (Å²) in [6.45, 7) is 1.80. The molecule has 10 heteroatoms. The van der Waals surface area contributed by atoms with E-state index in [0.717, 1.165) is 10.6 Å². The van der Waals surface area contributed by atoms with Crippen molar-refractivity contribution in [1.82, 2.24) is 24.7 Å². The monoisotopic (exact) mass is 401 g/mol. The minimum atomic E-state index is -3.67. The van der Waals surface area contributed by atoms with Gasteiger partial charge in [0.05, 0.1) is 23.3 Å². The van der Waals surface area contributed by atoms with Gasteiger partial charge in [-0.05, 0) is 29.6 Å². The van der Waals surface area contributed by atoms with Crippen LogP contribution in [0.2, 0.25) is 0 Å². The van der Waals surface area contributed by atoms with Crippen molar-refractivity contribution in [2.24, 2.45) is 0 Å². The van der Waals surface area contributed by atoms with Gasteiger partial charge in [0.1, 0.15) is 17.0 Å². The Labute approximate surface area is 159 Å². The van der Waals surface area contributed by atoms with Gasteiger partial charge in [0.25, 0.3) is 0 Å². The number of aryl methyl sites for hydroxylation is 1. The average Bonchev–Trinajstić information content (AvgIpc) is 3.41. The maximum Gasteiger partial charge on any atom is 0.240 e. The molecule has 27 heavy (non-hydrogen) atoms. The van der Waals surface area contributed by atoms with Crippen molar-refractivity contribution in [2.75, 3.05) is 0 Å². The first kappa shape index (κ1) is 17.6. The van der Waals surface area contributed by atoms with E-state index in [1.807, 2.05) is 17.5 Å². The van der Waals surface area contributed by atoms with Crippen LogP contribution < -0.4 is 4.72 Å². The number of thiophene rings is 1. The van der Waals surface area contributed by atoms with Gasteiger partial charge in [-0.2, -0.15) is 0 Å². The summed E-state index contributed by atoms with van der Waals surface area (Å²) in [4.78, 5) is 4.39. The van der Waals surface area contributed by atoms with Gasteiger partial charge < -0.3 is 4.42 Å². The Kier molecular flexibility index (Phi) is 4.60. The zero-order valence-corrected chi connectivity index (χ0v) is 15.9. The molecule has 0 spiro atoms. The van der Waals surface area contributed by atoms with Crippen molar-refractivity contribution in [2.45, 2.75) is 18.4 Å². The number of hydrogen-bond acceptors (Lipinski definition) is 7. The highest BCUT2D eigenvalue weighted by Gasteiger charge is 2.15. The Balaban J connectivity index is 1.45. The van der Waals surface area contributed by atoms with E-state index in [9.17, 15) is 8.42 Å². The van der Waals surface area contributed by atoms with Gasteiger partial charge in [0.2, 0.25) is 10.0 Å². The lowest BCUT2D eigenvalue weighted by Gasteiger charge is -2.05. The number of benzene rings is 1. The molecule has 1 N–H and O–H groups in total. The Bertz CT molecular complexity index is 1150. The van der Waals surface area contributed by atoms with Gasteiger partial charge in [-0.25, -0.2) is 22.8 Å². The van der Waals surface area contributed by atoms with E-state index in [2.05, 4.69) is 20.0 Å². The van der Waals surface area contributed by atoms with Crippen LogP contribution in [0.15, 0.2) is 63.6 Å². The molecule has 4 aromatic rings. The van der Waals surface area contributed by atoms with E-state index in [0.29, 0.717) is 17.3 Å². The molecule has 1 aromatic carbocycles. The van der Waals surface area contributed by atoms with Crippen molar-refractivity contribution >= 4 is 21.4 Å². The van der Waals surface area contributed by atoms with Crippen molar-refractivity contribution in [3.05, 3.63) is 65.8 Å². The smallest absolute Gasteiger partial charge is 0.240 e. The highest BCUT2D eigenvalue weighted by atomic mass is 32.2. The quantitative estimate of drug-likeness (QED) is 0.533. The Morgan fingerprint density at radius 2 is 2.04 bits per heavy atom. The third-order valence-corrected chi connectivity index (χ3v) is 6.07. The average molecular weight is 401 g/mol. The van der Waals surface area contributed by atoms with Crippen LogP contribution in [-0.4, -0.2) is 28.4 Å².